The molecule has 6 nitrogen and oxygen atoms in total. The Morgan fingerprint density at radius 3 is 2.43 bits per heavy atom. The van der Waals surface area contributed by atoms with E-state index in [-0.39, 0.29) is 18.3 Å². The number of rotatable bonds is 5. The predicted octanol–water partition coefficient (Wildman–Crippen LogP) is 1.53. The van der Waals surface area contributed by atoms with Crippen LogP contribution in [0.1, 0.15) is 34.1 Å². The van der Waals surface area contributed by atoms with E-state index in [4.69, 9.17) is 9.47 Å². The highest BCUT2D eigenvalue weighted by molar-refractivity contribution is 7.92. The molecule has 1 rings (SSSR count). The lowest BCUT2D eigenvalue weighted by atomic mass is 10.1. The number of ether oxygens (including phenoxy) is 2. The molecule has 0 spiro atoms. The first-order valence-corrected chi connectivity index (χ1v) is 8.58. The molecule has 0 saturated carbocycles. The molecule has 0 aromatic rings. The summed E-state index contributed by atoms with van der Waals surface area (Å²) in [6, 6.07) is 0. The van der Waals surface area contributed by atoms with Gasteiger partial charge in [0, 0.05) is 18.5 Å². The summed E-state index contributed by atoms with van der Waals surface area (Å²) in [4.78, 5) is 11.7. The molecule has 1 heterocycles. The molecule has 0 amide bonds. The van der Waals surface area contributed by atoms with Gasteiger partial charge < -0.3 is 9.47 Å². The molecule has 1 aliphatic heterocycles. The van der Waals surface area contributed by atoms with Crippen LogP contribution in [-0.2, 0) is 24.3 Å². The highest BCUT2D eigenvalue weighted by atomic mass is 32.2. The van der Waals surface area contributed by atoms with Crippen molar-refractivity contribution in [2.24, 2.45) is 5.92 Å². The molecular weight excluding hydrogens is 294 g/mol. The molecule has 1 unspecified atom stereocenters. The van der Waals surface area contributed by atoms with Gasteiger partial charge in [0.25, 0.3) is 0 Å². The van der Waals surface area contributed by atoms with Crippen LogP contribution in [0.5, 0.6) is 0 Å². The van der Waals surface area contributed by atoms with Crippen molar-refractivity contribution < 1.29 is 22.7 Å². The smallest absolute Gasteiger partial charge is 0.306 e. The second-order valence-corrected chi connectivity index (χ2v) is 7.97. The first-order chi connectivity index (χ1) is 9.60. The minimum absolute atomic E-state index is 0.159. The molecular formula is C14H25NO5S. The van der Waals surface area contributed by atoms with Gasteiger partial charge >= 0.3 is 5.97 Å². The minimum atomic E-state index is -3.43. The number of carbonyl (C=O) groups excluding carboxylic acids is 1. The van der Waals surface area contributed by atoms with E-state index < -0.39 is 15.6 Å². The zero-order valence-electron chi connectivity index (χ0n) is 13.2. The van der Waals surface area contributed by atoms with Gasteiger partial charge in [-0.15, -0.1) is 0 Å². The van der Waals surface area contributed by atoms with Gasteiger partial charge in [0.05, 0.1) is 19.6 Å². The number of nitrogens with zero attached hydrogens (tertiary/aromatic N) is 1. The van der Waals surface area contributed by atoms with E-state index in [2.05, 4.69) is 0 Å². The number of hydrogen-bond donors (Lipinski definition) is 0. The van der Waals surface area contributed by atoms with E-state index in [9.17, 15) is 13.2 Å². The second kappa shape index (κ2) is 7.38. The third kappa shape index (κ3) is 7.06. The monoisotopic (exact) mass is 319 g/mol. The zero-order chi connectivity index (χ0) is 16.1. The lowest BCUT2D eigenvalue weighted by molar-refractivity contribution is -0.155. The number of allylic oxidation sites excluding steroid dienone is 1. The molecule has 122 valence electrons. The standard InChI is InChI=1S/C14H25NO5S/c1-12(11-13(16)20-14(2,3)4)5-10-21(17,18)15-6-8-19-9-7-15/h5,10,12H,6-9,11H2,1-4H3. The summed E-state index contributed by atoms with van der Waals surface area (Å²) in [5.74, 6) is -0.529. The van der Waals surface area contributed by atoms with E-state index in [1.165, 1.54) is 15.8 Å². The third-order valence-corrected chi connectivity index (χ3v) is 4.40. The van der Waals surface area contributed by atoms with E-state index in [1.54, 1.807) is 27.7 Å². The normalized spacial score (nSPS) is 19.6. The van der Waals surface area contributed by atoms with Crippen LogP contribution in [0.25, 0.3) is 0 Å². The Labute approximate surface area is 127 Å². The van der Waals surface area contributed by atoms with Crippen LogP contribution in [0.15, 0.2) is 11.5 Å². The molecule has 0 aliphatic carbocycles. The fourth-order valence-electron chi connectivity index (χ4n) is 1.83. The molecule has 21 heavy (non-hydrogen) atoms. The van der Waals surface area contributed by atoms with Crippen molar-refractivity contribution in [1.82, 2.24) is 4.31 Å². The van der Waals surface area contributed by atoms with Crippen molar-refractivity contribution in [1.29, 1.82) is 0 Å². The molecule has 0 aromatic heterocycles. The zero-order valence-corrected chi connectivity index (χ0v) is 14.0. The lowest BCUT2D eigenvalue weighted by Crippen LogP contribution is -2.39. The summed E-state index contributed by atoms with van der Waals surface area (Å²) in [6.07, 6.45) is 1.70. The van der Waals surface area contributed by atoms with Crippen LogP contribution in [0, 0.1) is 5.92 Å². The number of esters is 1. The molecule has 1 atom stereocenters. The second-order valence-electron chi connectivity index (χ2n) is 6.15. The van der Waals surface area contributed by atoms with Gasteiger partial charge in [-0.05, 0) is 26.7 Å². The highest BCUT2D eigenvalue weighted by Gasteiger charge is 2.22. The molecule has 1 saturated heterocycles. The molecule has 0 aromatic carbocycles. The van der Waals surface area contributed by atoms with Crippen molar-refractivity contribution in [3.63, 3.8) is 0 Å². The first-order valence-electron chi connectivity index (χ1n) is 7.08. The van der Waals surface area contributed by atoms with Gasteiger partial charge in [-0.3, -0.25) is 4.79 Å². The quantitative estimate of drug-likeness (QED) is 0.719. The Bertz CT molecular complexity index is 472. The Kier molecular flexibility index (Phi) is 6.37. The summed E-state index contributed by atoms with van der Waals surface area (Å²) in [6.45, 7) is 8.76. The van der Waals surface area contributed by atoms with Crippen molar-refractivity contribution in [3.8, 4) is 0 Å². The average Bonchev–Trinajstić information content (AvgIpc) is 2.35. The number of carbonyl (C=O) groups is 1. The molecule has 0 N–H and O–H groups in total. The number of hydrogen-bond acceptors (Lipinski definition) is 5. The number of morpholine rings is 1. The van der Waals surface area contributed by atoms with Crippen molar-refractivity contribution in [2.75, 3.05) is 26.3 Å². The van der Waals surface area contributed by atoms with Crippen LogP contribution >= 0.6 is 0 Å². The average molecular weight is 319 g/mol. The van der Waals surface area contributed by atoms with Crippen LogP contribution in [-0.4, -0.2) is 50.6 Å². The SMILES string of the molecule is CC(C=CS(=O)(=O)N1CCOCC1)CC(=O)OC(C)(C)C. The lowest BCUT2D eigenvalue weighted by Gasteiger charge is -2.24. The topological polar surface area (TPSA) is 72.9 Å². The Balaban J connectivity index is 2.52. The maximum absolute atomic E-state index is 12.1. The summed E-state index contributed by atoms with van der Waals surface area (Å²) < 4.78 is 35.9. The maximum Gasteiger partial charge on any atom is 0.306 e. The minimum Gasteiger partial charge on any atom is -0.460 e. The summed E-state index contributed by atoms with van der Waals surface area (Å²) >= 11 is 0. The van der Waals surface area contributed by atoms with Gasteiger partial charge in [0.15, 0.2) is 0 Å². The molecule has 1 fully saturated rings. The first kappa shape index (κ1) is 18.1. The van der Waals surface area contributed by atoms with Gasteiger partial charge in [-0.25, -0.2) is 8.42 Å². The highest BCUT2D eigenvalue weighted by Crippen LogP contribution is 2.14. The van der Waals surface area contributed by atoms with Crippen molar-refractivity contribution >= 4 is 16.0 Å². The summed E-state index contributed by atoms with van der Waals surface area (Å²) in [5.41, 5.74) is -0.527. The maximum atomic E-state index is 12.1. The molecule has 0 radical (unpaired) electrons. The van der Waals surface area contributed by atoms with E-state index in [1.807, 2.05) is 0 Å². The van der Waals surface area contributed by atoms with Crippen LogP contribution in [0.2, 0.25) is 0 Å². The fourth-order valence-corrected chi connectivity index (χ4v) is 3.13. The fraction of sp³-hybridized carbons (Fsp3) is 0.786. The van der Waals surface area contributed by atoms with Gasteiger partial charge in [-0.1, -0.05) is 13.0 Å². The van der Waals surface area contributed by atoms with Gasteiger partial charge in [0.1, 0.15) is 5.60 Å². The largest absolute Gasteiger partial charge is 0.460 e. The summed E-state index contributed by atoms with van der Waals surface area (Å²) in [5, 5.41) is 1.17. The Morgan fingerprint density at radius 2 is 1.90 bits per heavy atom. The van der Waals surface area contributed by atoms with Crippen molar-refractivity contribution in [2.45, 2.75) is 39.7 Å². The molecule has 1 aliphatic rings. The summed E-state index contributed by atoms with van der Waals surface area (Å²) in [7, 11) is -3.43. The van der Waals surface area contributed by atoms with Crippen molar-refractivity contribution in [3.05, 3.63) is 11.5 Å². The van der Waals surface area contributed by atoms with E-state index in [0.717, 1.165) is 0 Å². The Hall–Kier alpha value is -0.920. The van der Waals surface area contributed by atoms with E-state index in [0.29, 0.717) is 26.3 Å². The Morgan fingerprint density at radius 1 is 1.33 bits per heavy atom. The number of sulfonamides is 1. The van der Waals surface area contributed by atoms with Crippen LogP contribution in [0.3, 0.4) is 0 Å². The third-order valence-electron chi connectivity index (χ3n) is 2.82. The van der Waals surface area contributed by atoms with Crippen LogP contribution < -0.4 is 0 Å². The predicted molar refractivity (Wildman–Crippen MR) is 80.1 cm³/mol. The van der Waals surface area contributed by atoms with Gasteiger partial charge in [-0.2, -0.15) is 4.31 Å². The van der Waals surface area contributed by atoms with E-state index >= 15 is 0 Å². The molecule has 0 bridgehead atoms. The molecule has 7 heteroatoms. The van der Waals surface area contributed by atoms with Gasteiger partial charge in [0.2, 0.25) is 10.0 Å². The van der Waals surface area contributed by atoms with Crippen LogP contribution in [0.4, 0.5) is 0 Å².